The topological polar surface area (TPSA) is 76.7 Å². The van der Waals surface area contributed by atoms with E-state index in [1.54, 1.807) is 0 Å². The number of nitrogens with one attached hydrogen (secondary N) is 2. The van der Waals surface area contributed by atoms with Crippen LogP contribution in [0, 0.1) is 29.5 Å². The number of rotatable bonds is 7. The van der Waals surface area contributed by atoms with Crippen LogP contribution in [0.2, 0.25) is 0 Å². The van der Waals surface area contributed by atoms with Gasteiger partial charge in [0, 0.05) is 12.1 Å². The van der Waals surface area contributed by atoms with E-state index in [2.05, 4.69) is 17.6 Å². The molecule has 2 amide bonds. The monoisotopic (exact) mass is 514 g/mol. The fraction of sp³-hybridized carbons (Fsp3) is 0.692. The second-order valence-electron chi connectivity index (χ2n) is 10.6. The Labute approximate surface area is 208 Å². The second-order valence-corrected chi connectivity index (χ2v) is 10.6. The SMILES string of the molecule is COc1cc(F)c(O[C@H]2CC[C@H](C)CC2)cc1C(=O)N[C@@H]1[C@H]2CC[C@H](C2)[C@@H]1C(=O)N[C@H](C)C(F)(F)F. The first-order chi connectivity index (χ1) is 17.0. The van der Waals surface area contributed by atoms with Crippen LogP contribution in [0.3, 0.4) is 0 Å². The lowest BCUT2D eigenvalue weighted by molar-refractivity contribution is -0.160. The average molecular weight is 515 g/mol. The van der Waals surface area contributed by atoms with Crippen molar-refractivity contribution in [3.8, 4) is 11.5 Å². The molecule has 200 valence electrons. The molecule has 36 heavy (non-hydrogen) atoms. The maximum absolute atomic E-state index is 14.7. The van der Waals surface area contributed by atoms with Gasteiger partial charge in [-0.25, -0.2) is 4.39 Å². The lowest BCUT2D eigenvalue weighted by Crippen LogP contribution is -2.53. The highest BCUT2D eigenvalue weighted by Crippen LogP contribution is 2.49. The number of benzene rings is 1. The van der Waals surface area contributed by atoms with Gasteiger partial charge < -0.3 is 20.1 Å². The highest BCUT2D eigenvalue weighted by atomic mass is 19.4. The first-order valence-corrected chi connectivity index (χ1v) is 12.7. The molecule has 4 rings (SSSR count). The highest BCUT2D eigenvalue weighted by molar-refractivity contribution is 5.98. The van der Waals surface area contributed by atoms with Crippen molar-refractivity contribution in [2.45, 2.75) is 83.2 Å². The van der Waals surface area contributed by atoms with Crippen LogP contribution >= 0.6 is 0 Å². The van der Waals surface area contributed by atoms with Gasteiger partial charge in [-0.15, -0.1) is 0 Å². The van der Waals surface area contributed by atoms with Crippen molar-refractivity contribution in [1.82, 2.24) is 10.6 Å². The third-order valence-corrected chi connectivity index (χ3v) is 8.12. The Balaban J connectivity index is 1.51. The summed E-state index contributed by atoms with van der Waals surface area (Å²) < 4.78 is 64.9. The molecule has 0 aliphatic heterocycles. The maximum atomic E-state index is 14.7. The van der Waals surface area contributed by atoms with Gasteiger partial charge in [0.1, 0.15) is 11.8 Å². The van der Waals surface area contributed by atoms with Gasteiger partial charge >= 0.3 is 6.18 Å². The summed E-state index contributed by atoms with van der Waals surface area (Å²) >= 11 is 0. The molecule has 2 bridgehead atoms. The van der Waals surface area contributed by atoms with E-state index in [-0.39, 0.29) is 35.0 Å². The summed E-state index contributed by atoms with van der Waals surface area (Å²) in [5.74, 6) is -2.22. The fourth-order valence-electron chi connectivity index (χ4n) is 6.00. The molecule has 0 spiro atoms. The predicted octanol–water partition coefficient (Wildman–Crippen LogP) is 5.00. The van der Waals surface area contributed by atoms with Gasteiger partial charge in [-0.05, 0) is 75.7 Å². The van der Waals surface area contributed by atoms with Crippen molar-refractivity contribution in [3.05, 3.63) is 23.5 Å². The summed E-state index contributed by atoms with van der Waals surface area (Å²) in [6.07, 6.45) is 1.04. The van der Waals surface area contributed by atoms with Gasteiger partial charge in [-0.2, -0.15) is 13.2 Å². The van der Waals surface area contributed by atoms with Gasteiger partial charge in [0.2, 0.25) is 5.91 Å². The van der Waals surface area contributed by atoms with Crippen molar-refractivity contribution < 1.29 is 36.6 Å². The van der Waals surface area contributed by atoms with Gasteiger partial charge in [0.05, 0.1) is 24.7 Å². The van der Waals surface area contributed by atoms with Gasteiger partial charge in [0.25, 0.3) is 5.91 Å². The van der Waals surface area contributed by atoms with E-state index in [1.165, 1.54) is 13.2 Å². The first-order valence-electron chi connectivity index (χ1n) is 12.7. The van der Waals surface area contributed by atoms with E-state index in [0.29, 0.717) is 12.3 Å². The zero-order valence-corrected chi connectivity index (χ0v) is 20.8. The Morgan fingerprint density at radius 3 is 2.33 bits per heavy atom. The molecule has 1 aromatic rings. The lowest BCUT2D eigenvalue weighted by atomic mass is 9.83. The van der Waals surface area contributed by atoms with Crippen LogP contribution in [0.25, 0.3) is 0 Å². The fourth-order valence-corrected chi connectivity index (χ4v) is 6.00. The standard InChI is InChI=1S/C26H34F4N2O4/c1-13-4-8-17(9-5-13)36-21-11-18(20(35-3)12-19(21)27)24(33)32-23-16-7-6-15(10-16)22(23)25(34)31-14(2)26(28,29)30/h11-17,22-23H,4-10H2,1-3H3,(H,31,34)(H,32,33)/t13-,14-,15-,16+,17-,22+,23-/m1/s1. The number of fused-ring (bicyclic) bond motifs is 2. The van der Waals surface area contributed by atoms with E-state index in [4.69, 9.17) is 9.47 Å². The molecule has 10 heteroatoms. The minimum Gasteiger partial charge on any atom is -0.496 e. The maximum Gasteiger partial charge on any atom is 0.408 e. The average Bonchev–Trinajstić information content (AvgIpc) is 3.42. The number of alkyl halides is 3. The third kappa shape index (κ3) is 5.57. The van der Waals surface area contributed by atoms with Crippen LogP contribution in [0.5, 0.6) is 11.5 Å². The van der Waals surface area contributed by atoms with E-state index in [9.17, 15) is 27.2 Å². The molecule has 2 N–H and O–H groups in total. The summed E-state index contributed by atoms with van der Waals surface area (Å²) in [7, 11) is 1.32. The zero-order valence-electron chi connectivity index (χ0n) is 20.8. The summed E-state index contributed by atoms with van der Waals surface area (Å²) in [5, 5.41) is 4.93. The van der Waals surface area contributed by atoms with Crippen molar-refractivity contribution in [3.63, 3.8) is 0 Å². The molecule has 0 heterocycles. The molecule has 3 saturated carbocycles. The number of halogens is 4. The number of methoxy groups -OCH3 is 1. The third-order valence-electron chi connectivity index (χ3n) is 8.12. The van der Waals surface area contributed by atoms with Crippen LogP contribution in [0.4, 0.5) is 17.6 Å². The summed E-state index contributed by atoms with van der Waals surface area (Å²) in [6, 6.07) is -0.183. The Bertz CT molecular complexity index is 977. The van der Waals surface area contributed by atoms with Crippen molar-refractivity contribution in [2.75, 3.05) is 7.11 Å². The molecule has 0 radical (unpaired) electrons. The molecule has 5 atom stereocenters. The molecular weight excluding hydrogens is 480 g/mol. The second kappa shape index (κ2) is 10.5. The molecule has 6 nitrogen and oxygen atoms in total. The molecule has 3 aliphatic rings. The first kappa shape index (κ1) is 26.5. The molecule has 1 aromatic carbocycles. The Hall–Kier alpha value is -2.52. The smallest absolute Gasteiger partial charge is 0.408 e. The molecule has 0 unspecified atom stereocenters. The Kier molecular flexibility index (Phi) is 7.71. The summed E-state index contributed by atoms with van der Waals surface area (Å²) in [6.45, 7) is 3.07. The largest absolute Gasteiger partial charge is 0.496 e. The van der Waals surface area contributed by atoms with Gasteiger partial charge in [-0.1, -0.05) is 6.92 Å². The summed E-state index contributed by atoms with van der Waals surface area (Å²) in [5.41, 5.74) is 0.0590. The normalized spacial score (nSPS) is 30.5. The zero-order chi connectivity index (χ0) is 26.2. The predicted molar refractivity (Wildman–Crippen MR) is 124 cm³/mol. The minimum atomic E-state index is -4.56. The van der Waals surface area contributed by atoms with Crippen molar-refractivity contribution >= 4 is 11.8 Å². The van der Waals surface area contributed by atoms with E-state index >= 15 is 0 Å². The Morgan fingerprint density at radius 2 is 1.69 bits per heavy atom. The van der Waals surface area contributed by atoms with Crippen LogP contribution < -0.4 is 20.1 Å². The number of hydrogen-bond donors (Lipinski definition) is 2. The quantitative estimate of drug-likeness (QED) is 0.502. The van der Waals surface area contributed by atoms with Crippen LogP contribution in [0.1, 0.15) is 69.2 Å². The number of carbonyl (C=O) groups excluding carboxylic acids is 2. The Morgan fingerprint density at radius 1 is 1.03 bits per heavy atom. The molecule has 3 fully saturated rings. The van der Waals surface area contributed by atoms with Crippen LogP contribution in [0.15, 0.2) is 12.1 Å². The van der Waals surface area contributed by atoms with Gasteiger partial charge in [-0.3, -0.25) is 9.59 Å². The van der Waals surface area contributed by atoms with E-state index in [1.807, 2.05) is 0 Å². The number of hydrogen-bond acceptors (Lipinski definition) is 4. The van der Waals surface area contributed by atoms with Crippen molar-refractivity contribution in [2.24, 2.45) is 23.7 Å². The molecule has 0 aromatic heterocycles. The van der Waals surface area contributed by atoms with Gasteiger partial charge in [0.15, 0.2) is 11.6 Å². The molecule has 0 saturated heterocycles. The number of carbonyl (C=O) groups is 2. The van der Waals surface area contributed by atoms with Crippen LogP contribution in [-0.4, -0.2) is 43.3 Å². The van der Waals surface area contributed by atoms with Crippen molar-refractivity contribution in [1.29, 1.82) is 0 Å². The minimum absolute atomic E-state index is 0.0118. The molecule has 3 aliphatic carbocycles. The van der Waals surface area contributed by atoms with E-state index < -0.39 is 41.8 Å². The van der Waals surface area contributed by atoms with Crippen LogP contribution in [-0.2, 0) is 4.79 Å². The number of ether oxygens (including phenoxy) is 2. The summed E-state index contributed by atoms with van der Waals surface area (Å²) in [4.78, 5) is 26.2. The lowest BCUT2D eigenvalue weighted by Gasteiger charge is -2.32. The number of amides is 2. The molecular formula is C26H34F4N2O4. The van der Waals surface area contributed by atoms with E-state index in [0.717, 1.165) is 51.5 Å². The highest BCUT2D eigenvalue weighted by Gasteiger charge is 2.52.